The first-order chi connectivity index (χ1) is 11.8. The third kappa shape index (κ3) is 4.06. The Morgan fingerprint density at radius 2 is 2.12 bits per heavy atom. The summed E-state index contributed by atoms with van der Waals surface area (Å²) in [5.41, 5.74) is -0.925. The molecule has 0 radical (unpaired) electrons. The van der Waals surface area contributed by atoms with Crippen molar-refractivity contribution >= 4 is 0 Å². The van der Waals surface area contributed by atoms with Gasteiger partial charge in [-0.25, -0.2) is 9.97 Å². The van der Waals surface area contributed by atoms with E-state index in [1.807, 2.05) is 13.8 Å². The van der Waals surface area contributed by atoms with Crippen molar-refractivity contribution in [3.05, 3.63) is 18.1 Å². The molecular weight excluding hydrogens is 335 g/mol. The summed E-state index contributed by atoms with van der Waals surface area (Å²) in [4.78, 5) is 9.47. The first-order valence-electron chi connectivity index (χ1n) is 8.70. The van der Waals surface area contributed by atoms with Gasteiger partial charge in [0.2, 0.25) is 5.88 Å². The number of halogens is 3. The molecule has 0 N–H and O–H groups in total. The van der Waals surface area contributed by atoms with E-state index in [-0.39, 0.29) is 23.6 Å². The van der Waals surface area contributed by atoms with Crippen molar-refractivity contribution < 1.29 is 22.6 Å². The Morgan fingerprint density at radius 3 is 2.84 bits per heavy atom. The van der Waals surface area contributed by atoms with Crippen molar-refractivity contribution in [1.29, 1.82) is 0 Å². The van der Waals surface area contributed by atoms with Gasteiger partial charge in [-0.2, -0.15) is 13.2 Å². The van der Waals surface area contributed by atoms with E-state index < -0.39 is 11.9 Å². The topological polar surface area (TPSA) is 47.5 Å². The second-order valence-electron chi connectivity index (χ2n) is 7.12. The summed E-state index contributed by atoms with van der Waals surface area (Å²) < 4.78 is 49.6. The molecular formula is C17H24F3N3O2. The highest BCUT2D eigenvalue weighted by Crippen LogP contribution is 2.42. The maximum atomic E-state index is 12.7. The summed E-state index contributed by atoms with van der Waals surface area (Å²) >= 11 is 0. The van der Waals surface area contributed by atoms with Crippen LogP contribution in [0.5, 0.6) is 5.88 Å². The highest BCUT2D eigenvalue weighted by Gasteiger charge is 2.49. The molecule has 0 amide bonds. The second kappa shape index (κ2) is 7.07. The van der Waals surface area contributed by atoms with Crippen molar-refractivity contribution in [3.8, 4) is 5.88 Å². The number of alkyl halides is 3. The molecule has 0 spiro atoms. The van der Waals surface area contributed by atoms with Crippen LogP contribution in [0.25, 0.3) is 0 Å². The van der Waals surface area contributed by atoms with Crippen molar-refractivity contribution in [2.24, 2.45) is 0 Å². The van der Waals surface area contributed by atoms with E-state index in [2.05, 4.69) is 14.9 Å². The van der Waals surface area contributed by atoms with Gasteiger partial charge in [0.25, 0.3) is 0 Å². The molecule has 0 aliphatic carbocycles. The molecule has 2 saturated heterocycles. The summed E-state index contributed by atoms with van der Waals surface area (Å²) in [6, 6.07) is 1.04. The minimum atomic E-state index is -4.49. The van der Waals surface area contributed by atoms with Gasteiger partial charge in [-0.3, -0.25) is 4.90 Å². The van der Waals surface area contributed by atoms with Crippen LogP contribution in [-0.4, -0.2) is 52.3 Å². The molecule has 0 bridgehead atoms. The summed E-state index contributed by atoms with van der Waals surface area (Å²) in [5.74, 6) is -0.0301. The zero-order valence-corrected chi connectivity index (χ0v) is 14.6. The van der Waals surface area contributed by atoms with Crippen molar-refractivity contribution in [1.82, 2.24) is 14.9 Å². The lowest BCUT2D eigenvalue weighted by Gasteiger charge is -2.35. The predicted octanol–water partition coefficient (Wildman–Crippen LogP) is 3.30. The average molecular weight is 359 g/mol. The van der Waals surface area contributed by atoms with Gasteiger partial charge in [0.1, 0.15) is 12.9 Å². The van der Waals surface area contributed by atoms with Crippen molar-refractivity contribution in [2.45, 2.75) is 63.4 Å². The third-order valence-corrected chi connectivity index (χ3v) is 5.08. The lowest BCUT2D eigenvalue weighted by molar-refractivity contribution is -0.141. The molecule has 3 heterocycles. The zero-order chi connectivity index (χ0) is 18.1. The molecule has 2 aliphatic rings. The Labute approximate surface area is 145 Å². The van der Waals surface area contributed by atoms with Gasteiger partial charge in [-0.15, -0.1) is 0 Å². The zero-order valence-electron chi connectivity index (χ0n) is 14.6. The van der Waals surface area contributed by atoms with Gasteiger partial charge in [-0.1, -0.05) is 0 Å². The molecule has 140 valence electrons. The lowest BCUT2D eigenvalue weighted by Crippen LogP contribution is -2.47. The standard InChI is InChI=1S/C17H24F3N3O2/c1-12(2)25-10-16-5-3-7-23(16)13(4-6-16)9-24-15-8-14(17(18,19)20)21-11-22-15/h8,11-13H,3-7,9-10H2,1-2H3. The molecule has 25 heavy (non-hydrogen) atoms. The third-order valence-electron chi connectivity index (χ3n) is 5.08. The number of hydrogen-bond donors (Lipinski definition) is 0. The minimum absolute atomic E-state index is 0.0301. The Bertz CT molecular complexity index is 597. The number of hydrogen-bond acceptors (Lipinski definition) is 5. The van der Waals surface area contributed by atoms with Gasteiger partial charge in [0, 0.05) is 17.6 Å². The van der Waals surface area contributed by atoms with Crippen LogP contribution in [-0.2, 0) is 10.9 Å². The van der Waals surface area contributed by atoms with Crippen LogP contribution >= 0.6 is 0 Å². The van der Waals surface area contributed by atoms with Crippen LogP contribution in [0.1, 0.15) is 45.2 Å². The summed E-state index contributed by atoms with van der Waals surface area (Å²) in [6.45, 7) is 6.06. The molecule has 3 rings (SSSR count). The molecule has 2 unspecified atom stereocenters. The van der Waals surface area contributed by atoms with E-state index in [0.717, 1.165) is 44.6 Å². The van der Waals surface area contributed by atoms with E-state index >= 15 is 0 Å². The van der Waals surface area contributed by atoms with Crippen LogP contribution in [0.4, 0.5) is 13.2 Å². The maximum absolute atomic E-state index is 12.7. The Kier molecular flexibility index (Phi) is 5.20. The van der Waals surface area contributed by atoms with E-state index in [4.69, 9.17) is 9.47 Å². The van der Waals surface area contributed by atoms with E-state index in [9.17, 15) is 13.2 Å². The molecule has 2 aliphatic heterocycles. The molecule has 0 aromatic carbocycles. The number of fused-ring (bicyclic) bond motifs is 1. The van der Waals surface area contributed by atoms with Gasteiger partial charge < -0.3 is 9.47 Å². The number of aromatic nitrogens is 2. The number of rotatable bonds is 6. The smallest absolute Gasteiger partial charge is 0.433 e. The minimum Gasteiger partial charge on any atom is -0.476 e. The van der Waals surface area contributed by atoms with Gasteiger partial charge >= 0.3 is 6.18 Å². The number of ether oxygens (including phenoxy) is 2. The highest BCUT2D eigenvalue weighted by molar-refractivity contribution is 5.16. The Morgan fingerprint density at radius 1 is 1.32 bits per heavy atom. The molecule has 1 aromatic rings. The van der Waals surface area contributed by atoms with E-state index in [1.165, 1.54) is 0 Å². The van der Waals surface area contributed by atoms with Crippen LogP contribution in [0.15, 0.2) is 12.4 Å². The fraction of sp³-hybridized carbons (Fsp3) is 0.765. The van der Waals surface area contributed by atoms with Crippen LogP contribution in [0, 0.1) is 0 Å². The molecule has 0 saturated carbocycles. The molecule has 1 aromatic heterocycles. The van der Waals surface area contributed by atoms with Gasteiger partial charge in [0.05, 0.1) is 12.7 Å². The van der Waals surface area contributed by atoms with Gasteiger partial charge in [0.15, 0.2) is 5.69 Å². The largest absolute Gasteiger partial charge is 0.476 e. The SMILES string of the molecule is CC(C)OCC12CCCN1C(COc1cc(C(F)(F)F)ncn1)CC2. The molecule has 2 atom stereocenters. The second-order valence-corrected chi connectivity index (χ2v) is 7.12. The molecule has 2 fully saturated rings. The Balaban J connectivity index is 1.61. The van der Waals surface area contributed by atoms with Gasteiger partial charge in [-0.05, 0) is 46.1 Å². The highest BCUT2D eigenvalue weighted by atomic mass is 19.4. The normalized spacial score (nSPS) is 27.0. The summed E-state index contributed by atoms with van der Waals surface area (Å²) in [7, 11) is 0. The van der Waals surface area contributed by atoms with Crippen LogP contribution in [0.2, 0.25) is 0 Å². The fourth-order valence-electron chi connectivity index (χ4n) is 3.87. The Hall–Kier alpha value is -1.41. The first kappa shape index (κ1) is 18.4. The predicted molar refractivity (Wildman–Crippen MR) is 85.3 cm³/mol. The fourth-order valence-corrected chi connectivity index (χ4v) is 3.87. The van der Waals surface area contributed by atoms with Crippen molar-refractivity contribution in [2.75, 3.05) is 19.8 Å². The van der Waals surface area contributed by atoms with Crippen LogP contribution < -0.4 is 4.74 Å². The summed E-state index contributed by atoms with van der Waals surface area (Å²) in [5, 5.41) is 0. The first-order valence-corrected chi connectivity index (χ1v) is 8.70. The summed E-state index contributed by atoms with van der Waals surface area (Å²) in [6.07, 6.45) is 0.792. The number of nitrogens with zero attached hydrogens (tertiary/aromatic N) is 3. The van der Waals surface area contributed by atoms with Crippen LogP contribution in [0.3, 0.4) is 0 Å². The maximum Gasteiger partial charge on any atom is 0.433 e. The quantitative estimate of drug-likeness (QED) is 0.780. The molecule has 8 heteroatoms. The lowest BCUT2D eigenvalue weighted by atomic mass is 9.95. The van der Waals surface area contributed by atoms with E-state index in [0.29, 0.717) is 13.2 Å². The van der Waals surface area contributed by atoms with E-state index in [1.54, 1.807) is 0 Å². The monoisotopic (exact) mass is 359 g/mol. The average Bonchev–Trinajstić information content (AvgIpc) is 3.10. The van der Waals surface area contributed by atoms with Crippen molar-refractivity contribution in [3.63, 3.8) is 0 Å². The molecule has 5 nitrogen and oxygen atoms in total.